The molecule has 2 aromatic rings. The molecule has 1 unspecified atom stereocenters. The Kier molecular flexibility index (Phi) is 3.92. The number of aryl methyl sites for hydroxylation is 2. The summed E-state index contributed by atoms with van der Waals surface area (Å²) in [6, 6.07) is 2.06. The Morgan fingerprint density at radius 1 is 1.48 bits per heavy atom. The van der Waals surface area contributed by atoms with Crippen molar-refractivity contribution in [2.75, 3.05) is 24.5 Å². The van der Waals surface area contributed by atoms with Gasteiger partial charge in [-0.1, -0.05) is 6.92 Å². The second-order valence-electron chi connectivity index (χ2n) is 5.67. The predicted octanol–water partition coefficient (Wildman–Crippen LogP) is 0.943. The van der Waals surface area contributed by atoms with E-state index in [1.807, 2.05) is 11.7 Å². The summed E-state index contributed by atoms with van der Waals surface area (Å²) in [5.41, 5.74) is 7.82. The number of rotatable bonds is 4. The number of anilines is 1. The Morgan fingerprint density at radius 3 is 3.05 bits per heavy atom. The number of nitrogens with two attached hydrogens (primary N) is 1. The highest BCUT2D eigenvalue weighted by atomic mass is 15.4. The van der Waals surface area contributed by atoms with Gasteiger partial charge in [0.05, 0.1) is 5.69 Å². The Balaban J connectivity index is 1.81. The van der Waals surface area contributed by atoms with Crippen LogP contribution in [-0.2, 0) is 13.5 Å². The SMILES string of the molecule is CCc1cc(-c2nc(N3CCCC(CN)C3)n[nH]2)n(C)n1. The van der Waals surface area contributed by atoms with Crippen LogP contribution in [0.1, 0.15) is 25.5 Å². The number of hydrogen-bond acceptors (Lipinski definition) is 5. The molecule has 3 rings (SSSR count). The average Bonchev–Trinajstić information content (AvgIpc) is 3.13. The lowest BCUT2D eigenvalue weighted by Gasteiger charge is -2.31. The minimum absolute atomic E-state index is 0.545. The van der Waals surface area contributed by atoms with E-state index in [4.69, 9.17) is 5.73 Å². The van der Waals surface area contributed by atoms with E-state index >= 15 is 0 Å². The van der Waals surface area contributed by atoms with Crippen molar-refractivity contribution >= 4 is 5.95 Å². The highest BCUT2D eigenvalue weighted by Crippen LogP contribution is 2.22. The molecule has 0 radical (unpaired) electrons. The standard InChI is InChI=1S/C14H23N7/c1-3-11-7-12(20(2)19-11)13-16-14(18-17-13)21-6-4-5-10(8-15)9-21/h7,10H,3-6,8-9,15H2,1-2H3,(H,16,17,18). The van der Waals surface area contributed by atoms with Gasteiger partial charge < -0.3 is 10.6 Å². The molecule has 1 atom stereocenters. The molecule has 0 spiro atoms. The van der Waals surface area contributed by atoms with E-state index in [0.29, 0.717) is 5.92 Å². The minimum atomic E-state index is 0.545. The zero-order chi connectivity index (χ0) is 14.8. The van der Waals surface area contributed by atoms with E-state index in [1.165, 1.54) is 6.42 Å². The normalized spacial score (nSPS) is 19.2. The topological polar surface area (TPSA) is 88.7 Å². The molecule has 3 heterocycles. The molecule has 0 saturated carbocycles. The molecular formula is C14H23N7. The molecule has 1 fully saturated rings. The molecular weight excluding hydrogens is 266 g/mol. The molecule has 114 valence electrons. The third-order valence-corrected chi connectivity index (χ3v) is 4.14. The van der Waals surface area contributed by atoms with Crippen LogP contribution in [0, 0.1) is 5.92 Å². The lowest BCUT2D eigenvalue weighted by atomic mass is 9.99. The summed E-state index contributed by atoms with van der Waals surface area (Å²) in [7, 11) is 1.93. The summed E-state index contributed by atoms with van der Waals surface area (Å²) in [5.74, 6) is 2.08. The van der Waals surface area contributed by atoms with Gasteiger partial charge in [0, 0.05) is 20.1 Å². The smallest absolute Gasteiger partial charge is 0.245 e. The third-order valence-electron chi connectivity index (χ3n) is 4.14. The van der Waals surface area contributed by atoms with Gasteiger partial charge in [-0.25, -0.2) is 0 Å². The van der Waals surface area contributed by atoms with Crippen LogP contribution >= 0.6 is 0 Å². The van der Waals surface area contributed by atoms with E-state index in [-0.39, 0.29) is 0 Å². The van der Waals surface area contributed by atoms with Crippen LogP contribution in [0.2, 0.25) is 0 Å². The zero-order valence-electron chi connectivity index (χ0n) is 12.7. The summed E-state index contributed by atoms with van der Waals surface area (Å²) in [6.07, 6.45) is 3.27. The van der Waals surface area contributed by atoms with Gasteiger partial charge >= 0.3 is 0 Å². The van der Waals surface area contributed by atoms with Gasteiger partial charge in [-0.3, -0.25) is 9.78 Å². The number of H-pyrrole nitrogens is 1. The highest BCUT2D eigenvalue weighted by Gasteiger charge is 2.22. The molecule has 7 nitrogen and oxygen atoms in total. The van der Waals surface area contributed by atoms with Crippen molar-refractivity contribution in [1.29, 1.82) is 0 Å². The number of aromatic amines is 1. The molecule has 0 aliphatic carbocycles. The van der Waals surface area contributed by atoms with E-state index in [1.54, 1.807) is 0 Å². The van der Waals surface area contributed by atoms with Crippen molar-refractivity contribution in [3.05, 3.63) is 11.8 Å². The fourth-order valence-corrected chi connectivity index (χ4v) is 2.87. The molecule has 2 aromatic heterocycles. The lowest BCUT2D eigenvalue weighted by Crippen LogP contribution is -2.38. The molecule has 0 aromatic carbocycles. The van der Waals surface area contributed by atoms with Crippen LogP contribution in [0.3, 0.4) is 0 Å². The van der Waals surface area contributed by atoms with Gasteiger partial charge in [-0.15, -0.1) is 5.10 Å². The predicted molar refractivity (Wildman–Crippen MR) is 82.0 cm³/mol. The quantitative estimate of drug-likeness (QED) is 0.874. The second kappa shape index (κ2) is 5.85. The Hall–Kier alpha value is -1.89. The van der Waals surface area contributed by atoms with Crippen molar-refractivity contribution in [1.82, 2.24) is 25.0 Å². The van der Waals surface area contributed by atoms with Crippen LogP contribution in [-0.4, -0.2) is 44.6 Å². The van der Waals surface area contributed by atoms with Crippen LogP contribution in [0.4, 0.5) is 5.95 Å². The highest BCUT2D eigenvalue weighted by molar-refractivity contribution is 5.52. The van der Waals surface area contributed by atoms with Gasteiger partial charge in [-0.2, -0.15) is 10.1 Å². The molecule has 3 N–H and O–H groups in total. The summed E-state index contributed by atoms with van der Waals surface area (Å²) in [6.45, 7) is 4.77. The first kappa shape index (κ1) is 14.1. The maximum Gasteiger partial charge on any atom is 0.245 e. The third kappa shape index (κ3) is 2.78. The lowest BCUT2D eigenvalue weighted by molar-refractivity contribution is 0.420. The number of nitrogens with one attached hydrogen (secondary N) is 1. The first-order valence-electron chi connectivity index (χ1n) is 7.62. The fraction of sp³-hybridized carbons (Fsp3) is 0.643. The van der Waals surface area contributed by atoms with Crippen molar-refractivity contribution < 1.29 is 0 Å². The van der Waals surface area contributed by atoms with Crippen molar-refractivity contribution in [3.63, 3.8) is 0 Å². The van der Waals surface area contributed by atoms with Gasteiger partial charge in [0.2, 0.25) is 5.95 Å². The van der Waals surface area contributed by atoms with Gasteiger partial charge in [-0.05, 0) is 37.8 Å². The monoisotopic (exact) mass is 289 g/mol. The van der Waals surface area contributed by atoms with Crippen molar-refractivity contribution in [2.24, 2.45) is 18.7 Å². The first-order valence-corrected chi connectivity index (χ1v) is 7.62. The van der Waals surface area contributed by atoms with Crippen LogP contribution in [0.15, 0.2) is 6.07 Å². The average molecular weight is 289 g/mol. The van der Waals surface area contributed by atoms with Gasteiger partial charge in [0.1, 0.15) is 5.69 Å². The van der Waals surface area contributed by atoms with Crippen LogP contribution in [0.5, 0.6) is 0 Å². The van der Waals surface area contributed by atoms with Crippen LogP contribution < -0.4 is 10.6 Å². The molecule has 0 amide bonds. The molecule has 0 bridgehead atoms. The maximum atomic E-state index is 5.79. The summed E-state index contributed by atoms with van der Waals surface area (Å²) >= 11 is 0. The van der Waals surface area contributed by atoms with E-state index in [0.717, 1.165) is 55.6 Å². The summed E-state index contributed by atoms with van der Waals surface area (Å²) in [4.78, 5) is 6.86. The first-order chi connectivity index (χ1) is 10.2. The number of hydrogen-bond donors (Lipinski definition) is 2. The van der Waals surface area contributed by atoms with Crippen molar-refractivity contribution in [2.45, 2.75) is 26.2 Å². The molecule has 21 heavy (non-hydrogen) atoms. The second-order valence-corrected chi connectivity index (χ2v) is 5.67. The Labute approximate surface area is 124 Å². The zero-order valence-corrected chi connectivity index (χ0v) is 12.7. The maximum absolute atomic E-state index is 5.79. The van der Waals surface area contributed by atoms with Crippen LogP contribution in [0.25, 0.3) is 11.5 Å². The number of nitrogens with zero attached hydrogens (tertiary/aromatic N) is 5. The number of piperidine rings is 1. The minimum Gasteiger partial charge on any atom is -0.339 e. The largest absolute Gasteiger partial charge is 0.339 e. The summed E-state index contributed by atoms with van der Waals surface area (Å²) < 4.78 is 1.85. The molecule has 7 heteroatoms. The molecule has 1 aliphatic rings. The molecule has 1 saturated heterocycles. The Morgan fingerprint density at radius 2 is 2.33 bits per heavy atom. The van der Waals surface area contributed by atoms with E-state index in [9.17, 15) is 0 Å². The Bertz CT molecular complexity index is 600. The molecule has 1 aliphatic heterocycles. The van der Waals surface area contributed by atoms with E-state index in [2.05, 4.69) is 38.2 Å². The van der Waals surface area contributed by atoms with Gasteiger partial charge in [0.25, 0.3) is 0 Å². The summed E-state index contributed by atoms with van der Waals surface area (Å²) in [5, 5.41) is 11.9. The number of aromatic nitrogens is 5. The van der Waals surface area contributed by atoms with E-state index < -0.39 is 0 Å². The fourth-order valence-electron chi connectivity index (χ4n) is 2.87. The van der Waals surface area contributed by atoms with Gasteiger partial charge in [0.15, 0.2) is 5.82 Å². The van der Waals surface area contributed by atoms with Crippen molar-refractivity contribution in [3.8, 4) is 11.5 Å².